The summed E-state index contributed by atoms with van der Waals surface area (Å²) in [5, 5.41) is 13.1. The number of quaternary nitrogens is 1. The third-order valence-corrected chi connectivity index (χ3v) is 6.87. The Morgan fingerprint density at radius 3 is 2.71 bits per heavy atom. The molecule has 2 fully saturated rings. The van der Waals surface area contributed by atoms with E-state index in [1.165, 1.54) is 16.2 Å². The summed E-state index contributed by atoms with van der Waals surface area (Å²) in [6.45, 7) is 6.21. The van der Waals surface area contributed by atoms with Crippen LogP contribution in [0.2, 0.25) is 0 Å². The number of morpholine rings is 1. The maximum Gasteiger partial charge on any atom is 0.295 e. The van der Waals surface area contributed by atoms with Gasteiger partial charge >= 0.3 is 0 Å². The molecular weight excluding hydrogens is 416 g/mol. The van der Waals surface area contributed by atoms with Crippen LogP contribution < -0.4 is 9.64 Å². The number of hydrogen-bond donors (Lipinski definition) is 2. The Kier molecular flexibility index (Phi) is 6.41. The number of ether oxygens (including phenoxy) is 2. The molecule has 1 atom stereocenters. The average molecular weight is 444 g/mol. The number of nitrogens with zero attached hydrogens (tertiary/aromatic N) is 1. The minimum Gasteiger partial charge on any atom is -0.507 e. The molecule has 0 saturated carbocycles. The summed E-state index contributed by atoms with van der Waals surface area (Å²) in [6, 6.07) is 8.48. The summed E-state index contributed by atoms with van der Waals surface area (Å²) >= 11 is 1.48. The number of nitrogens with one attached hydrogen (secondary N) is 1. The van der Waals surface area contributed by atoms with E-state index in [4.69, 9.17) is 9.47 Å². The Morgan fingerprint density at radius 2 is 2.06 bits per heavy atom. The Bertz CT molecular complexity index is 995. The number of hydrogen-bond acceptors (Lipinski definition) is 6. The fraction of sp³-hybridized carbons (Fsp3) is 0.391. The summed E-state index contributed by atoms with van der Waals surface area (Å²) in [6.07, 6.45) is 0. The van der Waals surface area contributed by atoms with Crippen LogP contribution >= 0.6 is 11.3 Å². The van der Waals surface area contributed by atoms with Crippen molar-refractivity contribution in [2.45, 2.75) is 13.0 Å². The maximum absolute atomic E-state index is 13.1. The quantitative estimate of drug-likeness (QED) is 0.401. The number of thiophene rings is 1. The van der Waals surface area contributed by atoms with Gasteiger partial charge in [-0.3, -0.25) is 9.59 Å². The van der Waals surface area contributed by atoms with Crippen molar-refractivity contribution in [2.75, 3.05) is 46.5 Å². The number of likely N-dealkylation sites (tertiary alicyclic amines) is 1. The first-order chi connectivity index (χ1) is 15.0. The number of aryl methyl sites for hydroxylation is 1. The molecule has 2 saturated heterocycles. The van der Waals surface area contributed by atoms with E-state index in [9.17, 15) is 14.7 Å². The zero-order chi connectivity index (χ0) is 22.0. The van der Waals surface area contributed by atoms with Crippen molar-refractivity contribution in [1.82, 2.24) is 4.90 Å². The molecule has 1 aromatic heterocycles. The van der Waals surface area contributed by atoms with Gasteiger partial charge in [-0.2, -0.15) is 0 Å². The van der Waals surface area contributed by atoms with Crippen molar-refractivity contribution in [1.29, 1.82) is 0 Å². The largest absolute Gasteiger partial charge is 0.507 e. The van der Waals surface area contributed by atoms with Crippen molar-refractivity contribution in [2.24, 2.45) is 0 Å². The number of carbonyl (C=O) groups excluding carboxylic acids is 2. The zero-order valence-electron chi connectivity index (χ0n) is 17.7. The van der Waals surface area contributed by atoms with Gasteiger partial charge in [0.1, 0.15) is 24.6 Å². The lowest BCUT2D eigenvalue weighted by Gasteiger charge is -2.28. The first-order valence-electron chi connectivity index (χ1n) is 10.4. The SMILES string of the molecule is COc1ccc(C(O)=C2C(=O)C(=O)N(CC[NH+]3CCOCC3)C2c2cccs2)c(C)c1. The van der Waals surface area contributed by atoms with Gasteiger partial charge in [0.25, 0.3) is 11.7 Å². The molecule has 1 unspecified atom stereocenters. The summed E-state index contributed by atoms with van der Waals surface area (Å²) in [5.74, 6) is -0.669. The number of carbonyl (C=O) groups is 2. The molecule has 3 heterocycles. The van der Waals surface area contributed by atoms with Crippen LogP contribution in [0.5, 0.6) is 5.75 Å². The Balaban J connectivity index is 1.71. The van der Waals surface area contributed by atoms with Crippen LogP contribution in [0.3, 0.4) is 0 Å². The zero-order valence-corrected chi connectivity index (χ0v) is 18.5. The van der Waals surface area contributed by atoms with Crippen LogP contribution in [-0.2, 0) is 14.3 Å². The Hall–Kier alpha value is -2.68. The van der Waals surface area contributed by atoms with E-state index in [0.717, 1.165) is 30.1 Å². The van der Waals surface area contributed by atoms with E-state index >= 15 is 0 Å². The van der Waals surface area contributed by atoms with Crippen LogP contribution in [0.1, 0.15) is 22.0 Å². The van der Waals surface area contributed by atoms with Crippen molar-refractivity contribution in [3.05, 3.63) is 57.3 Å². The molecule has 0 aliphatic carbocycles. The number of ketones is 1. The third-order valence-electron chi connectivity index (χ3n) is 5.95. The smallest absolute Gasteiger partial charge is 0.295 e. The first-order valence-corrected chi connectivity index (χ1v) is 11.3. The van der Waals surface area contributed by atoms with Gasteiger partial charge in [-0.1, -0.05) is 6.07 Å². The van der Waals surface area contributed by atoms with Gasteiger partial charge in [-0.25, -0.2) is 0 Å². The predicted molar refractivity (Wildman–Crippen MR) is 117 cm³/mol. The van der Waals surface area contributed by atoms with Crippen LogP contribution in [0.25, 0.3) is 5.76 Å². The summed E-state index contributed by atoms with van der Waals surface area (Å²) in [5.41, 5.74) is 1.45. The van der Waals surface area contributed by atoms with Gasteiger partial charge in [0.2, 0.25) is 0 Å². The first kappa shape index (κ1) is 21.5. The lowest BCUT2D eigenvalue weighted by molar-refractivity contribution is -0.907. The van der Waals surface area contributed by atoms with Gasteiger partial charge < -0.3 is 24.4 Å². The highest BCUT2D eigenvalue weighted by atomic mass is 32.1. The normalized spacial score (nSPS) is 21.6. The second-order valence-electron chi connectivity index (χ2n) is 7.80. The van der Waals surface area contributed by atoms with Gasteiger partial charge in [-0.15, -0.1) is 11.3 Å². The number of rotatable bonds is 6. The molecule has 2 aromatic rings. The summed E-state index contributed by atoms with van der Waals surface area (Å²) < 4.78 is 10.7. The molecular formula is C23H27N2O5S+. The lowest BCUT2D eigenvalue weighted by Crippen LogP contribution is -3.14. The van der Waals surface area contributed by atoms with E-state index in [-0.39, 0.29) is 11.3 Å². The van der Waals surface area contributed by atoms with Crippen LogP contribution in [0.15, 0.2) is 41.3 Å². The highest BCUT2D eigenvalue weighted by Crippen LogP contribution is 2.41. The minimum atomic E-state index is -0.636. The van der Waals surface area contributed by atoms with Crippen molar-refractivity contribution in [3.8, 4) is 5.75 Å². The molecule has 2 aliphatic heterocycles. The van der Waals surface area contributed by atoms with Crippen LogP contribution in [0, 0.1) is 6.92 Å². The molecule has 31 heavy (non-hydrogen) atoms. The number of amides is 1. The predicted octanol–water partition coefficient (Wildman–Crippen LogP) is 1.40. The second-order valence-corrected chi connectivity index (χ2v) is 8.78. The number of Topliss-reactive ketones (excluding diaryl/α,β-unsaturated/α-hetero) is 1. The second kappa shape index (κ2) is 9.21. The number of aliphatic hydroxyl groups excluding tert-OH is 1. The summed E-state index contributed by atoms with van der Waals surface area (Å²) in [7, 11) is 1.58. The van der Waals surface area contributed by atoms with Crippen LogP contribution in [0.4, 0.5) is 0 Å². The van der Waals surface area contributed by atoms with E-state index < -0.39 is 17.7 Å². The number of aliphatic hydroxyl groups is 1. The van der Waals surface area contributed by atoms with Gasteiger partial charge in [-0.05, 0) is 42.1 Å². The minimum absolute atomic E-state index is 0.141. The molecule has 2 N–H and O–H groups in total. The molecule has 0 radical (unpaired) electrons. The fourth-order valence-corrected chi connectivity index (χ4v) is 5.06. The third kappa shape index (κ3) is 4.23. The monoisotopic (exact) mass is 443 g/mol. The molecule has 8 heteroatoms. The van der Waals surface area contributed by atoms with Crippen molar-refractivity contribution in [3.63, 3.8) is 0 Å². The Morgan fingerprint density at radius 1 is 1.29 bits per heavy atom. The molecule has 4 rings (SSSR count). The van der Waals surface area contributed by atoms with E-state index in [0.29, 0.717) is 31.1 Å². The van der Waals surface area contributed by atoms with Crippen molar-refractivity contribution < 1.29 is 29.1 Å². The van der Waals surface area contributed by atoms with Crippen molar-refractivity contribution >= 4 is 28.8 Å². The number of benzene rings is 1. The highest BCUT2D eigenvalue weighted by Gasteiger charge is 2.46. The average Bonchev–Trinajstić information content (AvgIpc) is 3.40. The molecule has 0 bridgehead atoms. The highest BCUT2D eigenvalue weighted by molar-refractivity contribution is 7.10. The molecule has 2 aliphatic rings. The Labute approximate surface area is 185 Å². The summed E-state index contributed by atoms with van der Waals surface area (Å²) in [4.78, 5) is 29.9. The van der Waals surface area contributed by atoms with E-state index in [2.05, 4.69) is 0 Å². The fourth-order valence-electron chi connectivity index (χ4n) is 4.22. The standard InChI is InChI=1S/C23H26N2O5S/c1-15-14-16(29-2)5-6-17(15)21(26)19-20(18-4-3-13-31-18)25(23(28)22(19)27)8-7-24-9-11-30-12-10-24/h3-6,13-14,20,26H,7-12H2,1-2H3/p+1. The molecule has 164 valence electrons. The maximum atomic E-state index is 13.1. The van der Waals surface area contributed by atoms with Gasteiger partial charge in [0.05, 0.1) is 45.0 Å². The number of methoxy groups -OCH3 is 1. The van der Waals surface area contributed by atoms with E-state index in [1.807, 2.05) is 24.4 Å². The van der Waals surface area contributed by atoms with E-state index in [1.54, 1.807) is 30.2 Å². The molecule has 1 amide bonds. The molecule has 7 nitrogen and oxygen atoms in total. The lowest BCUT2D eigenvalue weighted by atomic mass is 9.97. The van der Waals surface area contributed by atoms with Gasteiger partial charge in [0, 0.05) is 10.4 Å². The van der Waals surface area contributed by atoms with Crippen LogP contribution in [-0.4, -0.2) is 68.2 Å². The molecule has 0 spiro atoms. The molecule has 1 aromatic carbocycles. The van der Waals surface area contributed by atoms with Gasteiger partial charge in [0.15, 0.2) is 0 Å². The topological polar surface area (TPSA) is 80.5 Å².